The lowest BCUT2D eigenvalue weighted by molar-refractivity contribution is -0.132. The Hall–Kier alpha value is -2.83. The zero-order valence-electron chi connectivity index (χ0n) is 14.1. The molecule has 0 N–H and O–H groups in total. The van der Waals surface area contributed by atoms with E-state index in [0.717, 1.165) is 18.4 Å². The van der Waals surface area contributed by atoms with Crippen molar-refractivity contribution in [2.45, 2.75) is 38.9 Å². The molecule has 0 unspecified atom stereocenters. The van der Waals surface area contributed by atoms with E-state index in [1.165, 1.54) is 4.57 Å². The molecule has 7 heteroatoms. The first-order valence-corrected chi connectivity index (χ1v) is 8.49. The summed E-state index contributed by atoms with van der Waals surface area (Å²) in [5.41, 5.74) is 2.26. The number of aromatic nitrogens is 3. The number of oxazole rings is 1. The number of para-hydroxylation sites is 2. The van der Waals surface area contributed by atoms with E-state index in [-0.39, 0.29) is 18.5 Å². The lowest BCUT2D eigenvalue weighted by Crippen LogP contribution is -2.41. The first kappa shape index (κ1) is 15.7. The smallest absolute Gasteiger partial charge is 0.408 e. The largest absolute Gasteiger partial charge is 0.420 e. The number of carbonyl (C=O) groups is 1. The lowest BCUT2D eigenvalue weighted by Gasteiger charge is -2.24. The standard InChI is InChI=1S/C18H20N4O3/c1-13-9-19-20(10-13)11-14-5-4-8-21(14)17(23)12-22-15-6-2-3-7-16(15)25-18(22)24/h2-3,6-7,9-10,14H,4-5,8,11-12H2,1H3/t14-/m1/s1. The van der Waals surface area contributed by atoms with Gasteiger partial charge in [-0.2, -0.15) is 5.10 Å². The molecule has 1 atom stereocenters. The van der Waals surface area contributed by atoms with E-state index < -0.39 is 5.76 Å². The summed E-state index contributed by atoms with van der Waals surface area (Å²) in [7, 11) is 0. The Morgan fingerprint density at radius 2 is 2.20 bits per heavy atom. The molecule has 0 aliphatic carbocycles. The number of carbonyl (C=O) groups excluding carboxylic acids is 1. The van der Waals surface area contributed by atoms with Crippen molar-refractivity contribution < 1.29 is 9.21 Å². The van der Waals surface area contributed by atoms with E-state index in [0.29, 0.717) is 24.2 Å². The molecule has 1 saturated heterocycles. The van der Waals surface area contributed by atoms with Gasteiger partial charge < -0.3 is 9.32 Å². The quantitative estimate of drug-likeness (QED) is 0.726. The zero-order chi connectivity index (χ0) is 17.4. The van der Waals surface area contributed by atoms with Crippen molar-refractivity contribution in [3.05, 3.63) is 52.8 Å². The average molecular weight is 340 g/mol. The third-order valence-electron chi connectivity index (χ3n) is 4.72. The van der Waals surface area contributed by atoms with Crippen LogP contribution in [0.5, 0.6) is 0 Å². The van der Waals surface area contributed by atoms with Gasteiger partial charge in [0.2, 0.25) is 5.91 Å². The lowest BCUT2D eigenvalue weighted by atomic mass is 10.2. The van der Waals surface area contributed by atoms with E-state index in [4.69, 9.17) is 4.42 Å². The summed E-state index contributed by atoms with van der Waals surface area (Å²) < 4.78 is 8.50. The molecule has 3 heterocycles. The molecule has 2 aromatic heterocycles. The summed E-state index contributed by atoms with van der Waals surface area (Å²) in [5.74, 6) is -0.548. The Morgan fingerprint density at radius 3 is 3.00 bits per heavy atom. The van der Waals surface area contributed by atoms with Crippen molar-refractivity contribution in [3.8, 4) is 0 Å². The molecule has 0 bridgehead atoms. The van der Waals surface area contributed by atoms with Gasteiger partial charge in [0.25, 0.3) is 0 Å². The molecular weight excluding hydrogens is 320 g/mol. The molecule has 7 nitrogen and oxygen atoms in total. The summed E-state index contributed by atoms with van der Waals surface area (Å²) in [6.07, 6.45) is 5.72. The molecule has 0 radical (unpaired) electrons. The van der Waals surface area contributed by atoms with Crippen LogP contribution in [-0.4, -0.2) is 37.7 Å². The number of hydrogen-bond acceptors (Lipinski definition) is 4. The van der Waals surface area contributed by atoms with Gasteiger partial charge in [0.1, 0.15) is 6.54 Å². The fourth-order valence-corrected chi connectivity index (χ4v) is 3.53. The minimum Gasteiger partial charge on any atom is -0.408 e. The van der Waals surface area contributed by atoms with E-state index in [9.17, 15) is 9.59 Å². The molecule has 0 spiro atoms. The van der Waals surface area contributed by atoms with Crippen LogP contribution in [0, 0.1) is 6.92 Å². The number of aryl methyl sites for hydroxylation is 1. The Balaban J connectivity index is 1.53. The maximum Gasteiger partial charge on any atom is 0.420 e. The van der Waals surface area contributed by atoms with Crippen LogP contribution in [0.4, 0.5) is 0 Å². The number of rotatable bonds is 4. The fraction of sp³-hybridized carbons (Fsp3) is 0.389. The van der Waals surface area contributed by atoms with Gasteiger partial charge in [0.05, 0.1) is 24.3 Å². The molecule has 4 rings (SSSR count). The molecule has 0 saturated carbocycles. The maximum absolute atomic E-state index is 12.8. The highest BCUT2D eigenvalue weighted by Gasteiger charge is 2.29. The molecule has 1 amide bonds. The van der Waals surface area contributed by atoms with Crippen LogP contribution in [0.1, 0.15) is 18.4 Å². The van der Waals surface area contributed by atoms with Gasteiger partial charge in [0, 0.05) is 12.7 Å². The predicted octanol–water partition coefficient (Wildman–Crippen LogP) is 1.79. The van der Waals surface area contributed by atoms with Crippen LogP contribution < -0.4 is 5.76 Å². The Labute approximate surface area is 144 Å². The van der Waals surface area contributed by atoms with E-state index >= 15 is 0 Å². The third-order valence-corrected chi connectivity index (χ3v) is 4.72. The first-order valence-electron chi connectivity index (χ1n) is 8.49. The molecule has 1 aliphatic rings. The molecule has 25 heavy (non-hydrogen) atoms. The molecule has 1 fully saturated rings. The van der Waals surface area contributed by atoms with Crippen molar-refractivity contribution in [2.24, 2.45) is 0 Å². The fourth-order valence-electron chi connectivity index (χ4n) is 3.53. The highest BCUT2D eigenvalue weighted by molar-refractivity contribution is 5.80. The summed E-state index contributed by atoms with van der Waals surface area (Å²) in [6, 6.07) is 7.27. The SMILES string of the molecule is Cc1cnn(C[C@H]2CCCN2C(=O)Cn2c(=O)oc3ccccc32)c1. The summed E-state index contributed by atoms with van der Waals surface area (Å²) in [6.45, 7) is 3.40. The van der Waals surface area contributed by atoms with Crippen LogP contribution in [0.15, 0.2) is 45.9 Å². The van der Waals surface area contributed by atoms with Crippen LogP contribution >= 0.6 is 0 Å². The summed E-state index contributed by atoms with van der Waals surface area (Å²) >= 11 is 0. The number of amides is 1. The number of hydrogen-bond donors (Lipinski definition) is 0. The number of fused-ring (bicyclic) bond motifs is 1. The molecular formula is C18H20N4O3. The van der Waals surface area contributed by atoms with Crippen molar-refractivity contribution in [2.75, 3.05) is 6.54 Å². The Kier molecular flexibility index (Phi) is 3.91. The summed E-state index contributed by atoms with van der Waals surface area (Å²) in [4.78, 5) is 26.8. The van der Waals surface area contributed by atoms with Gasteiger partial charge in [-0.3, -0.25) is 14.0 Å². The van der Waals surface area contributed by atoms with E-state index in [2.05, 4.69) is 5.10 Å². The van der Waals surface area contributed by atoms with Crippen LogP contribution in [0.25, 0.3) is 11.1 Å². The van der Waals surface area contributed by atoms with Gasteiger partial charge in [-0.1, -0.05) is 12.1 Å². The van der Waals surface area contributed by atoms with E-state index in [1.807, 2.05) is 35.0 Å². The minimum absolute atomic E-state index is 0.00445. The Morgan fingerprint density at radius 1 is 1.36 bits per heavy atom. The van der Waals surface area contributed by atoms with Crippen molar-refractivity contribution in [3.63, 3.8) is 0 Å². The van der Waals surface area contributed by atoms with Crippen LogP contribution in [0.2, 0.25) is 0 Å². The minimum atomic E-state index is -0.493. The Bertz CT molecular complexity index is 968. The second-order valence-corrected chi connectivity index (χ2v) is 6.54. The van der Waals surface area contributed by atoms with Gasteiger partial charge in [-0.15, -0.1) is 0 Å². The number of likely N-dealkylation sites (tertiary alicyclic amines) is 1. The zero-order valence-corrected chi connectivity index (χ0v) is 14.1. The van der Waals surface area contributed by atoms with Crippen molar-refractivity contribution in [1.82, 2.24) is 19.2 Å². The van der Waals surface area contributed by atoms with Crippen LogP contribution in [-0.2, 0) is 17.9 Å². The normalized spacial score (nSPS) is 17.5. The number of benzene rings is 1. The molecule has 130 valence electrons. The van der Waals surface area contributed by atoms with Gasteiger partial charge in [0.15, 0.2) is 5.58 Å². The van der Waals surface area contributed by atoms with Crippen LogP contribution in [0.3, 0.4) is 0 Å². The summed E-state index contributed by atoms with van der Waals surface area (Å²) in [5, 5.41) is 4.31. The van der Waals surface area contributed by atoms with Crippen molar-refractivity contribution in [1.29, 1.82) is 0 Å². The predicted molar refractivity (Wildman–Crippen MR) is 92.2 cm³/mol. The second-order valence-electron chi connectivity index (χ2n) is 6.54. The van der Waals surface area contributed by atoms with Gasteiger partial charge in [-0.25, -0.2) is 4.79 Å². The highest BCUT2D eigenvalue weighted by Crippen LogP contribution is 2.20. The van der Waals surface area contributed by atoms with E-state index in [1.54, 1.807) is 18.2 Å². The van der Waals surface area contributed by atoms with Gasteiger partial charge >= 0.3 is 5.76 Å². The topological polar surface area (TPSA) is 73.3 Å². The molecule has 3 aromatic rings. The molecule has 1 aliphatic heterocycles. The highest BCUT2D eigenvalue weighted by atomic mass is 16.4. The first-order chi connectivity index (χ1) is 12.1. The van der Waals surface area contributed by atoms with Crippen molar-refractivity contribution >= 4 is 17.0 Å². The van der Waals surface area contributed by atoms with Gasteiger partial charge in [-0.05, 0) is 37.5 Å². The maximum atomic E-state index is 12.8. The number of nitrogens with zero attached hydrogens (tertiary/aromatic N) is 4. The average Bonchev–Trinajstić information content (AvgIpc) is 3.29. The monoisotopic (exact) mass is 340 g/mol. The second kappa shape index (κ2) is 6.23. The molecule has 1 aromatic carbocycles. The third kappa shape index (κ3) is 2.97.